The molecule has 1 fully saturated rings. The van der Waals surface area contributed by atoms with Crippen molar-refractivity contribution in [2.24, 2.45) is 0 Å². The van der Waals surface area contributed by atoms with Gasteiger partial charge < -0.3 is 14.6 Å². The molecule has 36 heavy (non-hydrogen) atoms. The first kappa shape index (κ1) is 23.9. The van der Waals surface area contributed by atoms with Gasteiger partial charge in [-0.1, -0.05) is 72.8 Å². The lowest BCUT2D eigenvalue weighted by Gasteiger charge is -2.29. The maximum atomic E-state index is 12.9. The average molecular weight is 485 g/mol. The third-order valence-corrected chi connectivity index (χ3v) is 6.94. The number of carbonyl (C=O) groups is 1. The first-order chi connectivity index (χ1) is 17.6. The molecule has 1 unspecified atom stereocenters. The molecule has 1 N–H and O–H groups in total. The van der Waals surface area contributed by atoms with Crippen LogP contribution in [0.3, 0.4) is 0 Å². The number of benzene rings is 3. The van der Waals surface area contributed by atoms with Gasteiger partial charge in [0.15, 0.2) is 0 Å². The van der Waals surface area contributed by atoms with Gasteiger partial charge in [0.1, 0.15) is 6.61 Å². The maximum absolute atomic E-state index is 12.9. The highest BCUT2D eigenvalue weighted by atomic mass is 16.6. The van der Waals surface area contributed by atoms with Crippen molar-refractivity contribution in [3.05, 3.63) is 107 Å². The van der Waals surface area contributed by atoms with Gasteiger partial charge >= 0.3 is 11.8 Å². The number of rotatable bonds is 8. The van der Waals surface area contributed by atoms with Crippen LogP contribution in [0.15, 0.2) is 89.7 Å². The number of aromatic nitrogens is 2. The van der Waals surface area contributed by atoms with Crippen molar-refractivity contribution in [3.63, 3.8) is 0 Å². The number of nitrogens with zero attached hydrogens (tertiary/aromatic N) is 3. The van der Waals surface area contributed by atoms with Crippen molar-refractivity contribution < 1.29 is 9.53 Å². The van der Waals surface area contributed by atoms with E-state index in [9.17, 15) is 9.59 Å². The predicted molar refractivity (Wildman–Crippen MR) is 141 cm³/mol. The summed E-state index contributed by atoms with van der Waals surface area (Å²) in [5.74, 6) is 0. The number of nitrogens with one attached hydrogen (secondary N) is 1. The molecule has 2 heterocycles. The van der Waals surface area contributed by atoms with Crippen molar-refractivity contribution in [3.8, 4) is 0 Å². The van der Waals surface area contributed by atoms with Crippen LogP contribution >= 0.6 is 0 Å². The zero-order valence-electron chi connectivity index (χ0n) is 20.5. The van der Waals surface area contributed by atoms with Crippen molar-refractivity contribution >= 4 is 17.1 Å². The minimum atomic E-state index is -0.323. The summed E-state index contributed by atoms with van der Waals surface area (Å²) in [6.07, 6.45) is 0.400. The van der Waals surface area contributed by atoms with E-state index in [-0.39, 0.29) is 23.9 Å². The molecule has 0 bridgehead atoms. The van der Waals surface area contributed by atoms with Crippen LogP contribution < -0.4 is 5.69 Å². The van der Waals surface area contributed by atoms with E-state index in [0.717, 1.165) is 30.5 Å². The molecule has 0 spiro atoms. The molecule has 1 aromatic heterocycles. The minimum absolute atomic E-state index is 0.0315. The Kier molecular flexibility index (Phi) is 7.18. The van der Waals surface area contributed by atoms with Crippen LogP contribution in [-0.2, 0) is 17.8 Å². The zero-order chi connectivity index (χ0) is 24.9. The second-order valence-electron chi connectivity index (χ2n) is 9.51. The van der Waals surface area contributed by atoms with Gasteiger partial charge in [0, 0.05) is 32.2 Å². The van der Waals surface area contributed by atoms with Gasteiger partial charge in [-0.15, -0.1) is 0 Å². The maximum Gasteiger partial charge on any atom is 0.409 e. The largest absolute Gasteiger partial charge is 0.448 e. The molecule has 7 nitrogen and oxygen atoms in total. The number of para-hydroxylation sites is 2. The van der Waals surface area contributed by atoms with E-state index in [2.05, 4.69) is 41.1 Å². The van der Waals surface area contributed by atoms with Crippen molar-refractivity contribution in [2.45, 2.75) is 38.5 Å². The molecular weight excluding hydrogens is 452 g/mol. The summed E-state index contributed by atoms with van der Waals surface area (Å²) < 4.78 is 7.55. The summed E-state index contributed by atoms with van der Waals surface area (Å²) in [5.41, 5.74) is 3.99. The highest BCUT2D eigenvalue weighted by Crippen LogP contribution is 2.24. The quantitative estimate of drug-likeness (QED) is 0.390. The Hall–Kier alpha value is -3.84. The van der Waals surface area contributed by atoms with Crippen LogP contribution in [0.4, 0.5) is 4.79 Å². The number of H-pyrrole nitrogens is 1. The molecule has 2 atom stereocenters. The van der Waals surface area contributed by atoms with Crippen LogP contribution in [0.5, 0.6) is 0 Å². The van der Waals surface area contributed by atoms with Crippen LogP contribution in [0.1, 0.15) is 30.5 Å². The number of ether oxygens (including phenoxy) is 1. The first-order valence-corrected chi connectivity index (χ1v) is 12.5. The Morgan fingerprint density at radius 2 is 1.58 bits per heavy atom. The molecule has 1 saturated heterocycles. The number of hydrogen-bond donors (Lipinski definition) is 1. The summed E-state index contributed by atoms with van der Waals surface area (Å²) in [5, 5.41) is 0. The molecule has 1 aliphatic heterocycles. The van der Waals surface area contributed by atoms with Gasteiger partial charge in [0.2, 0.25) is 0 Å². The van der Waals surface area contributed by atoms with Crippen LogP contribution in [0.2, 0.25) is 0 Å². The van der Waals surface area contributed by atoms with E-state index in [4.69, 9.17) is 4.74 Å². The molecule has 0 aliphatic carbocycles. The molecular formula is C29H32N4O3. The Morgan fingerprint density at radius 1 is 0.972 bits per heavy atom. The number of carbonyl (C=O) groups excluding carboxylic acids is 1. The second kappa shape index (κ2) is 10.8. The fraction of sp³-hybridized carbons (Fsp3) is 0.310. The van der Waals surface area contributed by atoms with Crippen LogP contribution in [0.25, 0.3) is 11.0 Å². The smallest absolute Gasteiger partial charge is 0.409 e. The van der Waals surface area contributed by atoms with Gasteiger partial charge in [-0.25, -0.2) is 9.59 Å². The van der Waals surface area contributed by atoms with Gasteiger partial charge in [-0.2, -0.15) is 0 Å². The Morgan fingerprint density at radius 3 is 2.25 bits per heavy atom. The van der Waals surface area contributed by atoms with E-state index < -0.39 is 0 Å². The first-order valence-electron chi connectivity index (χ1n) is 12.5. The Balaban J connectivity index is 1.21. The summed E-state index contributed by atoms with van der Waals surface area (Å²) in [6.45, 7) is 4.96. The van der Waals surface area contributed by atoms with E-state index in [1.165, 1.54) is 11.1 Å². The monoisotopic (exact) mass is 484 g/mol. The summed E-state index contributed by atoms with van der Waals surface area (Å²) >= 11 is 0. The fourth-order valence-electron chi connectivity index (χ4n) is 4.95. The lowest BCUT2D eigenvalue weighted by atomic mass is 10.1. The number of hydrogen-bond acceptors (Lipinski definition) is 4. The van der Waals surface area contributed by atoms with E-state index in [1.807, 2.05) is 60.7 Å². The van der Waals surface area contributed by atoms with Gasteiger partial charge in [0.05, 0.1) is 17.1 Å². The minimum Gasteiger partial charge on any atom is -0.448 e. The van der Waals surface area contributed by atoms with Gasteiger partial charge in [0.25, 0.3) is 0 Å². The highest BCUT2D eigenvalue weighted by Gasteiger charge is 2.31. The summed E-state index contributed by atoms with van der Waals surface area (Å²) in [7, 11) is 0. The number of amides is 1. The van der Waals surface area contributed by atoms with E-state index >= 15 is 0 Å². The standard InChI is InChI=1S/C29H32N4O3/c1-22(32(18-23-10-4-2-5-11-23)19-24-12-6-3-7-13-24)21-36-29(35)31-17-16-25(20-31)33-27-15-9-8-14-26(27)30-28(33)34/h2-15,22,25H,16-21H2,1H3,(H,30,34)/t22?,25-/m0/s1. The molecule has 0 radical (unpaired) electrons. The molecule has 0 saturated carbocycles. The highest BCUT2D eigenvalue weighted by molar-refractivity contribution is 5.75. The topological polar surface area (TPSA) is 70.6 Å². The van der Waals surface area contributed by atoms with Crippen molar-refractivity contribution in [2.75, 3.05) is 19.7 Å². The Labute approximate surface area is 210 Å². The molecule has 7 heteroatoms. The van der Waals surface area contributed by atoms with Gasteiger partial charge in [-0.05, 0) is 36.6 Å². The number of likely N-dealkylation sites (tertiary alicyclic amines) is 1. The number of imidazole rings is 1. The van der Waals surface area contributed by atoms with Crippen LogP contribution in [-0.4, -0.2) is 51.2 Å². The summed E-state index contributed by atoms with van der Waals surface area (Å²) in [6, 6.07) is 28.3. The zero-order valence-corrected chi connectivity index (χ0v) is 20.5. The third kappa shape index (κ3) is 5.36. The molecule has 186 valence electrons. The van der Waals surface area contributed by atoms with Crippen LogP contribution in [0, 0.1) is 0 Å². The van der Waals surface area contributed by atoms with Gasteiger partial charge in [-0.3, -0.25) is 9.47 Å². The lowest BCUT2D eigenvalue weighted by Crippen LogP contribution is -2.38. The normalized spacial score (nSPS) is 16.5. The third-order valence-electron chi connectivity index (χ3n) is 6.94. The summed E-state index contributed by atoms with van der Waals surface area (Å²) in [4.78, 5) is 32.5. The predicted octanol–water partition coefficient (Wildman–Crippen LogP) is 4.80. The van der Waals surface area contributed by atoms with Crippen molar-refractivity contribution in [1.82, 2.24) is 19.4 Å². The number of fused-ring (bicyclic) bond motifs is 1. The van der Waals surface area contributed by atoms with E-state index in [1.54, 1.807) is 9.47 Å². The molecule has 3 aromatic carbocycles. The second-order valence-corrected chi connectivity index (χ2v) is 9.51. The average Bonchev–Trinajstić information content (AvgIpc) is 3.51. The fourth-order valence-corrected chi connectivity index (χ4v) is 4.95. The molecule has 5 rings (SSSR count). The van der Waals surface area contributed by atoms with Crippen molar-refractivity contribution in [1.29, 1.82) is 0 Å². The van der Waals surface area contributed by atoms with E-state index in [0.29, 0.717) is 19.7 Å². The number of aromatic amines is 1. The lowest BCUT2D eigenvalue weighted by molar-refractivity contribution is 0.0681. The molecule has 1 aliphatic rings. The molecule has 1 amide bonds. The Bertz CT molecular complexity index is 1310. The molecule has 4 aromatic rings. The SMILES string of the molecule is CC(COC(=O)N1CC[C@H](n2c(=O)[nH]c3ccccc32)C1)N(Cc1ccccc1)Cc1ccccc1.